The third-order valence-electron chi connectivity index (χ3n) is 6.41. The third kappa shape index (κ3) is 13.0. The number of alkyl carbamates (subject to hydrolysis) is 1. The van der Waals surface area contributed by atoms with E-state index in [1.165, 1.54) is 11.0 Å². The third-order valence-corrected chi connectivity index (χ3v) is 6.41. The summed E-state index contributed by atoms with van der Waals surface area (Å²) in [6, 6.07) is 17.5. The fraction of sp³-hybridized carbons (Fsp3) is 0.394. The molecule has 3 N–H and O–H groups in total. The Morgan fingerprint density at radius 3 is 2.12 bits per heavy atom. The maximum Gasteiger partial charge on any atom is 0.408 e. The summed E-state index contributed by atoms with van der Waals surface area (Å²) in [5.41, 5.74) is 0.716. The van der Waals surface area contributed by atoms with E-state index in [2.05, 4.69) is 23.8 Å². The molecule has 2 atom stereocenters. The van der Waals surface area contributed by atoms with E-state index in [4.69, 9.17) is 9.47 Å². The number of hydrogen-bond acceptors (Lipinski definition) is 7. The molecule has 0 spiro atoms. The Kier molecular flexibility index (Phi) is 14.7. The molecule has 3 amide bonds. The summed E-state index contributed by atoms with van der Waals surface area (Å²) in [5, 5.41) is 14.8. The fourth-order valence-corrected chi connectivity index (χ4v) is 4.15. The highest BCUT2D eigenvalue weighted by atomic mass is 16.6. The maximum absolute atomic E-state index is 13.2. The van der Waals surface area contributed by atoms with E-state index in [0.29, 0.717) is 6.54 Å². The van der Waals surface area contributed by atoms with Gasteiger partial charge in [0.2, 0.25) is 11.8 Å². The number of ether oxygens (including phenoxy) is 2. The number of allylic oxidation sites excluding steroid dienone is 1. The van der Waals surface area contributed by atoms with E-state index in [9.17, 15) is 24.3 Å². The van der Waals surface area contributed by atoms with Gasteiger partial charge in [0.1, 0.15) is 19.3 Å². The Hall–Kier alpha value is -4.44. The number of carbonyl (C=O) groups is 4. The van der Waals surface area contributed by atoms with Crippen molar-refractivity contribution in [1.29, 1.82) is 0 Å². The van der Waals surface area contributed by atoms with Crippen LogP contribution in [0.3, 0.4) is 0 Å². The molecule has 0 fully saturated rings. The quantitative estimate of drug-likeness (QED) is 0.176. The number of carbonyl (C=O) groups excluding carboxylic acids is 4. The van der Waals surface area contributed by atoms with Crippen molar-refractivity contribution in [1.82, 2.24) is 15.5 Å². The van der Waals surface area contributed by atoms with Gasteiger partial charge in [-0.1, -0.05) is 72.8 Å². The van der Waals surface area contributed by atoms with Crippen molar-refractivity contribution in [3.63, 3.8) is 0 Å². The van der Waals surface area contributed by atoms with Crippen LogP contribution in [-0.4, -0.2) is 65.2 Å². The minimum absolute atomic E-state index is 0.0417. The molecule has 10 heteroatoms. The van der Waals surface area contributed by atoms with Crippen LogP contribution in [0, 0.1) is 5.92 Å². The monoisotopic (exact) mass is 593 g/mol. The van der Waals surface area contributed by atoms with Gasteiger partial charge < -0.3 is 30.1 Å². The van der Waals surface area contributed by atoms with Gasteiger partial charge in [0, 0.05) is 19.5 Å². The molecule has 43 heavy (non-hydrogen) atoms. The smallest absolute Gasteiger partial charge is 0.408 e. The minimum atomic E-state index is -1.03. The van der Waals surface area contributed by atoms with Crippen molar-refractivity contribution >= 4 is 23.9 Å². The number of nitrogens with zero attached hydrogens (tertiary/aromatic N) is 1. The molecule has 2 rings (SSSR count). The molecule has 0 radical (unpaired) electrons. The van der Waals surface area contributed by atoms with Crippen LogP contribution in [0.1, 0.15) is 44.2 Å². The summed E-state index contributed by atoms with van der Waals surface area (Å²) >= 11 is 0. The molecular weight excluding hydrogens is 550 g/mol. The normalized spacial score (nSPS) is 12.3. The number of aliphatic hydroxyl groups is 1. The summed E-state index contributed by atoms with van der Waals surface area (Å²) < 4.78 is 10.6. The second-order valence-electron chi connectivity index (χ2n) is 10.7. The van der Waals surface area contributed by atoms with E-state index < -0.39 is 35.5 Å². The van der Waals surface area contributed by atoms with Crippen molar-refractivity contribution in [3.05, 3.63) is 97.1 Å². The van der Waals surface area contributed by atoms with Gasteiger partial charge in [0.05, 0.1) is 18.1 Å². The van der Waals surface area contributed by atoms with Crippen molar-refractivity contribution in [2.45, 2.75) is 57.8 Å². The highest BCUT2D eigenvalue weighted by Crippen LogP contribution is 2.17. The number of nitrogens with one attached hydrogen (secondary N) is 2. The molecule has 2 aromatic rings. The maximum atomic E-state index is 13.2. The van der Waals surface area contributed by atoms with E-state index in [1.807, 2.05) is 60.7 Å². The lowest BCUT2D eigenvalue weighted by atomic mass is 9.97. The van der Waals surface area contributed by atoms with Crippen LogP contribution in [0.15, 0.2) is 86.0 Å². The Bertz CT molecular complexity index is 1200. The van der Waals surface area contributed by atoms with Crippen molar-refractivity contribution in [2.75, 3.05) is 19.8 Å². The Morgan fingerprint density at radius 1 is 0.930 bits per heavy atom. The van der Waals surface area contributed by atoms with E-state index in [-0.39, 0.29) is 51.5 Å². The Morgan fingerprint density at radius 2 is 1.53 bits per heavy atom. The highest BCUT2D eigenvalue weighted by molar-refractivity contribution is 5.86. The molecule has 0 aliphatic rings. The molecule has 232 valence electrons. The first-order chi connectivity index (χ1) is 20.6. The molecule has 0 aliphatic carbocycles. The van der Waals surface area contributed by atoms with Crippen molar-refractivity contribution in [2.24, 2.45) is 5.92 Å². The topological polar surface area (TPSA) is 134 Å². The zero-order valence-electron chi connectivity index (χ0n) is 25.0. The number of hydrogen-bond donors (Lipinski definition) is 3. The van der Waals surface area contributed by atoms with Crippen LogP contribution in [-0.2, 0) is 37.0 Å². The van der Waals surface area contributed by atoms with Gasteiger partial charge in [-0.2, -0.15) is 0 Å². The lowest BCUT2D eigenvalue weighted by Crippen LogP contribution is -2.51. The zero-order chi connectivity index (χ0) is 31.7. The number of esters is 1. The molecule has 0 aliphatic heterocycles. The van der Waals surface area contributed by atoms with Gasteiger partial charge in [-0.05, 0) is 37.8 Å². The van der Waals surface area contributed by atoms with Crippen LogP contribution in [0.5, 0.6) is 0 Å². The summed E-state index contributed by atoms with van der Waals surface area (Å²) in [4.78, 5) is 53.0. The standard InChI is InChI=1S/C33H43N3O7/c1-5-13-27(21-29(38)36(19-20-37)22-25-15-9-7-10-16-25)30(39)35-33(3,4)24-43-31(40)28(14-6-2)34-32(41)42-23-26-17-11-8-12-18-26/h5-12,15-18,27-28,37H,1-2,13-14,19-24H2,3-4H3,(H,34,41)(H,35,39)/t27-,28+/m0/s1. The molecule has 0 bridgehead atoms. The van der Waals surface area contributed by atoms with Crippen LogP contribution in [0.2, 0.25) is 0 Å². The second-order valence-corrected chi connectivity index (χ2v) is 10.7. The largest absolute Gasteiger partial charge is 0.462 e. The van der Waals surface area contributed by atoms with Crippen molar-refractivity contribution < 1.29 is 33.8 Å². The number of benzene rings is 2. The van der Waals surface area contributed by atoms with Gasteiger partial charge >= 0.3 is 12.1 Å². The minimum Gasteiger partial charge on any atom is -0.462 e. The zero-order valence-corrected chi connectivity index (χ0v) is 25.0. The molecule has 0 saturated carbocycles. The summed E-state index contributed by atoms with van der Waals surface area (Å²) in [5.74, 6) is -2.10. The van der Waals surface area contributed by atoms with E-state index >= 15 is 0 Å². The molecular formula is C33H43N3O7. The van der Waals surface area contributed by atoms with Gasteiger partial charge in [0.25, 0.3) is 0 Å². The number of rotatable bonds is 18. The van der Waals surface area contributed by atoms with Gasteiger partial charge in [-0.3, -0.25) is 9.59 Å². The average molecular weight is 594 g/mol. The van der Waals surface area contributed by atoms with Crippen LogP contribution >= 0.6 is 0 Å². The van der Waals surface area contributed by atoms with Crippen LogP contribution in [0.4, 0.5) is 4.79 Å². The van der Waals surface area contributed by atoms with Gasteiger partial charge in [-0.25, -0.2) is 9.59 Å². The lowest BCUT2D eigenvalue weighted by molar-refractivity contribution is -0.149. The predicted octanol–water partition coefficient (Wildman–Crippen LogP) is 3.90. The first-order valence-electron chi connectivity index (χ1n) is 14.2. The van der Waals surface area contributed by atoms with E-state index in [0.717, 1.165) is 11.1 Å². The predicted molar refractivity (Wildman–Crippen MR) is 163 cm³/mol. The summed E-state index contributed by atoms with van der Waals surface area (Å²) in [6.45, 7) is 10.8. The van der Waals surface area contributed by atoms with Gasteiger partial charge in [0.15, 0.2) is 0 Å². The summed E-state index contributed by atoms with van der Waals surface area (Å²) in [6.07, 6.45) is 2.55. The SMILES string of the molecule is C=CC[C@@H](CC(=O)N(CCO)Cc1ccccc1)C(=O)NC(C)(C)COC(=O)[C@@H](CC=C)NC(=O)OCc1ccccc1. The highest BCUT2D eigenvalue weighted by Gasteiger charge is 2.31. The molecule has 10 nitrogen and oxygen atoms in total. The van der Waals surface area contributed by atoms with Crippen LogP contribution < -0.4 is 10.6 Å². The first-order valence-corrected chi connectivity index (χ1v) is 14.2. The Labute approximate surface area is 253 Å². The summed E-state index contributed by atoms with van der Waals surface area (Å²) in [7, 11) is 0. The van der Waals surface area contributed by atoms with E-state index in [1.54, 1.807) is 19.9 Å². The van der Waals surface area contributed by atoms with Crippen molar-refractivity contribution in [3.8, 4) is 0 Å². The molecule has 2 aromatic carbocycles. The second kappa shape index (κ2) is 18.2. The van der Waals surface area contributed by atoms with Gasteiger partial charge in [-0.15, -0.1) is 13.2 Å². The molecule has 0 saturated heterocycles. The molecule has 0 heterocycles. The fourth-order valence-electron chi connectivity index (χ4n) is 4.15. The van der Waals surface area contributed by atoms with Crippen LogP contribution in [0.25, 0.3) is 0 Å². The number of aliphatic hydroxyl groups excluding tert-OH is 1. The molecule has 0 aromatic heterocycles. The Balaban J connectivity index is 1.94. The molecule has 0 unspecified atom stereocenters. The average Bonchev–Trinajstić information content (AvgIpc) is 2.99. The number of amides is 3. The first kappa shape index (κ1) is 34.8. The lowest BCUT2D eigenvalue weighted by Gasteiger charge is -2.30.